The minimum Gasteiger partial charge on any atom is -0.491 e. The number of hydrogen-bond donors (Lipinski definition) is 1. The van der Waals surface area contributed by atoms with Crippen LogP contribution in [-0.4, -0.2) is 66.9 Å². The Morgan fingerprint density at radius 1 is 1.22 bits per heavy atom. The van der Waals surface area contributed by atoms with Gasteiger partial charge in [-0.1, -0.05) is 13.0 Å². The van der Waals surface area contributed by atoms with Gasteiger partial charge in [-0.15, -0.1) is 0 Å². The molecule has 1 fully saturated rings. The van der Waals surface area contributed by atoms with Gasteiger partial charge in [0.1, 0.15) is 18.5 Å². The number of nitrogens with zero attached hydrogens (tertiary/aromatic N) is 2. The van der Waals surface area contributed by atoms with Gasteiger partial charge in [0.2, 0.25) is 0 Å². The van der Waals surface area contributed by atoms with E-state index in [1.54, 1.807) is 0 Å². The number of aliphatic hydroxyl groups is 1. The van der Waals surface area contributed by atoms with E-state index in [4.69, 9.17) is 4.74 Å². The maximum Gasteiger partial charge on any atom is 0.119 e. The lowest BCUT2D eigenvalue weighted by Crippen LogP contribution is -2.46. The van der Waals surface area contributed by atoms with Crippen molar-refractivity contribution in [2.24, 2.45) is 0 Å². The molecule has 4 heteroatoms. The Kier molecular flexibility index (Phi) is 6.88. The van der Waals surface area contributed by atoms with Gasteiger partial charge in [0, 0.05) is 12.6 Å². The minimum absolute atomic E-state index is 0.348. The predicted octanol–water partition coefficient (Wildman–Crippen LogP) is 2.46. The highest BCUT2D eigenvalue weighted by atomic mass is 16.5. The quantitative estimate of drug-likeness (QED) is 0.837. The van der Waals surface area contributed by atoms with E-state index in [1.165, 1.54) is 37.1 Å². The second kappa shape index (κ2) is 8.67. The van der Waals surface area contributed by atoms with Crippen LogP contribution in [0.2, 0.25) is 0 Å². The fourth-order valence-electron chi connectivity index (χ4n) is 3.42. The van der Waals surface area contributed by atoms with Gasteiger partial charge in [0.25, 0.3) is 0 Å². The molecule has 0 aliphatic carbocycles. The zero-order valence-corrected chi connectivity index (χ0v) is 15.1. The summed E-state index contributed by atoms with van der Waals surface area (Å²) in [6.45, 7) is 10.8. The second-order valence-electron chi connectivity index (χ2n) is 6.89. The number of aliphatic hydroxyl groups excluding tert-OH is 1. The maximum atomic E-state index is 10.3. The van der Waals surface area contributed by atoms with Gasteiger partial charge >= 0.3 is 0 Å². The van der Waals surface area contributed by atoms with E-state index in [1.807, 2.05) is 12.1 Å². The number of hydrogen-bond acceptors (Lipinski definition) is 4. The average Bonchev–Trinajstić information content (AvgIpc) is 2.52. The van der Waals surface area contributed by atoms with E-state index < -0.39 is 6.10 Å². The lowest BCUT2D eigenvalue weighted by molar-refractivity contribution is 0.0478. The molecule has 0 bridgehead atoms. The molecule has 23 heavy (non-hydrogen) atoms. The van der Waals surface area contributed by atoms with E-state index in [9.17, 15) is 5.11 Å². The molecule has 1 heterocycles. The molecule has 0 saturated carbocycles. The summed E-state index contributed by atoms with van der Waals surface area (Å²) in [6.07, 6.45) is 1.93. The Bertz CT molecular complexity index is 464. The third-order valence-electron chi connectivity index (χ3n) is 4.76. The molecule has 4 nitrogen and oxygen atoms in total. The topological polar surface area (TPSA) is 35.9 Å². The van der Waals surface area contributed by atoms with Crippen molar-refractivity contribution >= 4 is 0 Å². The molecule has 1 N–H and O–H groups in total. The smallest absolute Gasteiger partial charge is 0.119 e. The predicted molar refractivity (Wildman–Crippen MR) is 95.2 cm³/mol. The van der Waals surface area contributed by atoms with Gasteiger partial charge in [-0.2, -0.15) is 0 Å². The van der Waals surface area contributed by atoms with Gasteiger partial charge in [0.05, 0.1) is 0 Å². The van der Waals surface area contributed by atoms with Crippen LogP contribution in [0.3, 0.4) is 0 Å². The summed E-state index contributed by atoms with van der Waals surface area (Å²) in [7, 11) is 2.12. The molecule has 0 amide bonds. The summed E-state index contributed by atoms with van der Waals surface area (Å²) < 4.78 is 5.77. The summed E-state index contributed by atoms with van der Waals surface area (Å²) in [5, 5.41) is 10.3. The highest BCUT2D eigenvalue weighted by Crippen LogP contribution is 2.18. The molecule has 1 saturated heterocycles. The van der Waals surface area contributed by atoms with E-state index in [-0.39, 0.29) is 0 Å². The van der Waals surface area contributed by atoms with Crippen molar-refractivity contribution in [3.8, 4) is 5.75 Å². The molecule has 1 aliphatic rings. The van der Waals surface area contributed by atoms with Crippen LogP contribution in [0, 0.1) is 13.8 Å². The normalized spacial score (nSPS) is 18.3. The monoisotopic (exact) mass is 320 g/mol. The SMILES string of the molecule is CCN1CCC(N(C)CC(O)COc2cc(C)cc(C)c2)CC1. The van der Waals surface area contributed by atoms with Crippen molar-refractivity contribution < 1.29 is 9.84 Å². The first-order valence-electron chi connectivity index (χ1n) is 8.79. The number of aryl methyl sites for hydroxylation is 2. The fraction of sp³-hybridized carbons (Fsp3) is 0.684. The number of likely N-dealkylation sites (tertiary alicyclic amines) is 1. The zero-order valence-electron chi connectivity index (χ0n) is 15.1. The molecule has 1 aromatic carbocycles. The van der Waals surface area contributed by atoms with Crippen LogP contribution in [0.15, 0.2) is 18.2 Å². The van der Waals surface area contributed by atoms with E-state index in [0.29, 0.717) is 19.2 Å². The Balaban J connectivity index is 1.74. The zero-order chi connectivity index (χ0) is 16.8. The van der Waals surface area contributed by atoms with Crippen LogP contribution in [0.4, 0.5) is 0 Å². The second-order valence-corrected chi connectivity index (χ2v) is 6.89. The van der Waals surface area contributed by atoms with Crippen molar-refractivity contribution in [3.05, 3.63) is 29.3 Å². The van der Waals surface area contributed by atoms with Gasteiger partial charge in [-0.05, 0) is 76.6 Å². The molecule has 130 valence electrons. The van der Waals surface area contributed by atoms with Gasteiger partial charge in [0.15, 0.2) is 0 Å². The molecular weight excluding hydrogens is 288 g/mol. The van der Waals surface area contributed by atoms with Gasteiger partial charge < -0.3 is 19.6 Å². The Hall–Kier alpha value is -1.10. The molecule has 0 radical (unpaired) electrons. The van der Waals surface area contributed by atoms with Crippen molar-refractivity contribution in [1.29, 1.82) is 0 Å². The van der Waals surface area contributed by atoms with Crippen molar-refractivity contribution in [3.63, 3.8) is 0 Å². The van der Waals surface area contributed by atoms with Gasteiger partial charge in [-0.3, -0.25) is 0 Å². The third-order valence-corrected chi connectivity index (χ3v) is 4.76. The van der Waals surface area contributed by atoms with Crippen LogP contribution >= 0.6 is 0 Å². The summed E-state index contributed by atoms with van der Waals surface area (Å²) in [4.78, 5) is 4.78. The first-order chi connectivity index (χ1) is 11.0. The highest BCUT2D eigenvalue weighted by molar-refractivity contribution is 5.32. The van der Waals surface area contributed by atoms with Crippen molar-refractivity contribution in [2.45, 2.75) is 45.8 Å². The van der Waals surface area contributed by atoms with Gasteiger partial charge in [-0.25, -0.2) is 0 Å². The summed E-state index contributed by atoms with van der Waals surface area (Å²) in [5.74, 6) is 0.848. The maximum absolute atomic E-state index is 10.3. The molecule has 0 spiro atoms. The standard InChI is InChI=1S/C19H32N2O2/c1-5-21-8-6-17(7-9-21)20(4)13-18(22)14-23-19-11-15(2)10-16(3)12-19/h10-12,17-18,22H,5-9,13-14H2,1-4H3. The molecule has 1 unspecified atom stereocenters. The largest absolute Gasteiger partial charge is 0.491 e. The Labute approximate surface area is 141 Å². The fourth-order valence-corrected chi connectivity index (χ4v) is 3.42. The minimum atomic E-state index is -0.454. The lowest BCUT2D eigenvalue weighted by Gasteiger charge is -2.37. The third kappa shape index (κ3) is 5.79. The average molecular weight is 320 g/mol. The number of likely N-dealkylation sites (N-methyl/N-ethyl adjacent to an activating group) is 1. The van der Waals surface area contributed by atoms with Crippen LogP contribution < -0.4 is 4.74 Å². The van der Waals surface area contributed by atoms with Crippen LogP contribution in [0.1, 0.15) is 30.9 Å². The molecule has 1 atom stereocenters. The number of piperidine rings is 1. The molecule has 2 rings (SSSR count). The van der Waals surface area contributed by atoms with Crippen molar-refractivity contribution in [2.75, 3.05) is 39.8 Å². The highest BCUT2D eigenvalue weighted by Gasteiger charge is 2.23. The first kappa shape index (κ1) is 18.2. The number of ether oxygens (including phenoxy) is 1. The summed E-state index contributed by atoms with van der Waals surface area (Å²) >= 11 is 0. The van der Waals surface area contributed by atoms with E-state index in [2.05, 4.69) is 43.7 Å². The van der Waals surface area contributed by atoms with Crippen molar-refractivity contribution in [1.82, 2.24) is 9.80 Å². The molecule has 1 aliphatic heterocycles. The van der Waals surface area contributed by atoms with E-state index >= 15 is 0 Å². The van der Waals surface area contributed by atoms with Crippen LogP contribution in [-0.2, 0) is 0 Å². The van der Waals surface area contributed by atoms with Crippen LogP contribution in [0.5, 0.6) is 5.75 Å². The number of benzene rings is 1. The summed E-state index contributed by atoms with van der Waals surface area (Å²) in [5.41, 5.74) is 2.38. The van der Waals surface area contributed by atoms with Crippen LogP contribution in [0.25, 0.3) is 0 Å². The lowest BCUT2D eigenvalue weighted by atomic mass is 10.0. The van der Waals surface area contributed by atoms with E-state index in [0.717, 1.165) is 12.3 Å². The summed E-state index contributed by atoms with van der Waals surface area (Å²) in [6, 6.07) is 6.74. The first-order valence-corrected chi connectivity index (χ1v) is 8.79. The molecule has 1 aromatic rings. The Morgan fingerprint density at radius 3 is 2.39 bits per heavy atom. The number of rotatable bonds is 7. The molecule has 0 aromatic heterocycles. The molecular formula is C19H32N2O2. The Morgan fingerprint density at radius 2 is 1.83 bits per heavy atom.